The molecule has 1 amide bonds. The van der Waals surface area contributed by atoms with Crippen LogP contribution in [-0.4, -0.2) is 62.5 Å². The fourth-order valence-electron chi connectivity index (χ4n) is 4.76. The molecule has 0 saturated carbocycles. The normalized spacial score (nSPS) is 15.4. The van der Waals surface area contributed by atoms with Crippen molar-refractivity contribution in [2.24, 2.45) is 0 Å². The second-order valence-electron chi connectivity index (χ2n) is 9.03. The van der Waals surface area contributed by atoms with Crippen molar-refractivity contribution in [1.29, 1.82) is 0 Å². The van der Waals surface area contributed by atoms with Gasteiger partial charge in [-0.05, 0) is 44.2 Å². The number of methoxy groups -OCH3 is 1. The summed E-state index contributed by atoms with van der Waals surface area (Å²) in [5.74, 6) is 0.104. The molecule has 5 rings (SSSR count). The number of fused-ring (bicyclic) bond motifs is 1. The topological polar surface area (TPSA) is 116 Å². The molecule has 0 aromatic carbocycles. The first-order valence-corrected chi connectivity index (χ1v) is 12.8. The molecule has 1 atom stereocenters. The minimum absolute atomic E-state index is 0.0000528. The van der Waals surface area contributed by atoms with Gasteiger partial charge in [-0.2, -0.15) is 21.0 Å². The van der Waals surface area contributed by atoms with Crippen LogP contribution < -0.4 is 5.73 Å². The minimum Gasteiger partial charge on any atom is -0.383 e. The van der Waals surface area contributed by atoms with Crippen LogP contribution in [0.3, 0.4) is 0 Å². The summed E-state index contributed by atoms with van der Waals surface area (Å²) in [7, 11) is 1.53. The van der Waals surface area contributed by atoms with Crippen molar-refractivity contribution >= 4 is 34.5 Å². The number of ketones is 1. The van der Waals surface area contributed by atoms with Gasteiger partial charge < -0.3 is 15.4 Å². The van der Waals surface area contributed by atoms with E-state index in [1.54, 1.807) is 24.5 Å². The maximum atomic E-state index is 12.6. The zero-order valence-corrected chi connectivity index (χ0v) is 21.3. The number of nitrogen functional groups attached to an aromatic ring is 1. The Balaban J connectivity index is 1.50. The Morgan fingerprint density at radius 3 is 2.56 bits per heavy atom. The molecule has 0 aliphatic carbocycles. The number of hydrogen-bond acceptors (Lipinski definition) is 8. The number of thiophene rings is 1. The van der Waals surface area contributed by atoms with Crippen LogP contribution in [0.4, 0.5) is 5.82 Å². The molecule has 0 spiro atoms. The molecule has 36 heavy (non-hydrogen) atoms. The molecule has 10 heteroatoms. The molecule has 5 heterocycles. The Labute approximate surface area is 212 Å². The first kappa shape index (κ1) is 24.1. The quantitative estimate of drug-likeness (QED) is 0.394. The summed E-state index contributed by atoms with van der Waals surface area (Å²) in [5.41, 5.74) is 11.8. The number of nitrogens with two attached hydrogens (primary N) is 1. The Bertz CT molecular complexity index is 1410. The number of aromatic nitrogens is 4. The number of nitrogens with zero attached hydrogens (tertiary/aromatic N) is 5. The van der Waals surface area contributed by atoms with Crippen molar-refractivity contribution in [2.45, 2.75) is 38.7 Å². The lowest BCUT2D eigenvalue weighted by Crippen LogP contribution is -2.43. The number of rotatable bonds is 6. The van der Waals surface area contributed by atoms with Gasteiger partial charge in [-0.25, -0.2) is 4.98 Å². The van der Waals surface area contributed by atoms with Crippen LogP contribution in [-0.2, 0) is 9.53 Å². The number of carbonyl (C=O) groups is 2. The molecular formula is C26H28N6O3S. The Hall–Kier alpha value is -3.63. The van der Waals surface area contributed by atoms with Crippen LogP contribution in [0.1, 0.15) is 48.7 Å². The summed E-state index contributed by atoms with van der Waals surface area (Å²) in [6, 6.07) is 6.01. The number of amides is 1. The van der Waals surface area contributed by atoms with Crippen molar-refractivity contribution in [2.75, 3.05) is 25.9 Å². The zero-order chi connectivity index (χ0) is 25.4. The summed E-state index contributed by atoms with van der Waals surface area (Å²) in [4.78, 5) is 36.6. The summed E-state index contributed by atoms with van der Waals surface area (Å²) in [6.07, 6.45) is 4.41. The molecule has 1 aliphatic heterocycles. The highest BCUT2D eigenvalue weighted by Gasteiger charge is 2.31. The minimum atomic E-state index is -0.478. The monoisotopic (exact) mass is 504 g/mol. The lowest BCUT2D eigenvalue weighted by Gasteiger charge is -2.33. The number of anilines is 1. The molecule has 1 saturated heterocycles. The van der Waals surface area contributed by atoms with Gasteiger partial charge in [0.1, 0.15) is 11.9 Å². The van der Waals surface area contributed by atoms with E-state index >= 15 is 0 Å². The van der Waals surface area contributed by atoms with Crippen LogP contribution in [0.15, 0.2) is 41.4 Å². The van der Waals surface area contributed by atoms with Crippen LogP contribution in [0.5, 0.6) is 0 Å². The van der Waals surface area contributed by atoms with E-state index in [0.29, 0.717) is 42.8 Å². The Morgan fingerprint density at radius 2 is 1.94 bits per heavy atom. The average Bonchev–Trinajstić information content (AvgIpc) is 3.58. The molecule has 4 aromatic rings. The van der Waals surface area contributed by atoms with E-state index in [1.807, 2.05) is 34.7 Å². The van der Waals surface area contributed by atoms with Crippen molar-refractivity contribution in [1.82, 2.24) is 24.5 Å². The van der Waals surface area contributed by atoms with Crippen LogP contribution >= 0.6 is 11.3 Å². The third-order valence-corrected chi connectivity index (χ3v) is 7.53. The van der Waals surface area contributed by atoms with E-state index in [2.05, 4.69) is 15.5 Å². The number of hydrogen-bond donors (Lipinski definition) is 1. The molecule has 186 valence electrons. The van der Waals surface area contributed by atoms with E-state index in [0.717, 1.165) is 22.4 Å². The lowest BCUT2D eigenvalue weighted by molar-refractivity contribution is -0.142. The summed E-state index contributed by atoms with van der Waals surface area (Å²) in [5, 5.41) is 8.53. The van der Waals surface area contributed by atoms with E-state index < -0.39 is 6.10 Å². The van der Waals surface area contributed by atoms with E-state index in [9.17, 15) is 9.59 Å². The third kappa shape index (κ3) is 4.27. The smallest absolute Gasteiger partial charge is 0.251 e. The van der Waals surface area contributed by atoms with Crippen LogP contribution in [0.2, 0.25) is 0 Å². The summed E-state index contributed by atoms with van der Waals surface area (Å²) in [6.45, 7) is 4.39. The summed E-state index contributed by atoms with van der Waals surface area (Å²) < 4.78 is 6.72. The van der Waals surface area contributed by atoms with Crippen LogP contribution in [0, 0.1) is 0 Å². The van der Waals surface area contributed by atoms with E-state index in [-0.39, 0.29) is 23.4 Å². The van der Waals surface area contributed by atoms with Gasteiger partial charge in [-0.3, -0.25) is 14.6 Å². The molecular weight excluding hydrogens is 476 g/mol. The maximum Gasteiger partial charge on any atom is 0.251 e. The highest BCUT2D eigenvalue weighted by atomic mass is 32.1. The molecule has 4 aromatic heterocycles. The largest absolute Gasteiger partial charge is 0.383 e. The Kier molecular flexibility index (Phi) is 6.55. The van der Waals surface area contributed by atoms with Gasteiger partial charge >= 0.3 is 0 Å². The number of ether oxygens (including phenoxy) is 1. The van der Waals surface area contributed by atoms with E-state index in [4.69, 9.17) is 15.5 Å². The fraction of sp³-hybridized carbons (Fsp3) is 0.346. The van der Waals surface area contributed by atoms with Crippen molar-refractivity contribution in [3.8, 4) is 22.4 Å². The predicted octanol–water partition coefficient (Wildman–Crippen LogP) is 4.05. The SMILES string of the molecule is CO[C@H](C)C(=O)N1CCC(c2nc3c(-c4ccc(-c5ccsc5)nc4)cnn3c(N)c2C(C)=O)CC1. The molecule has 1 aliphatic rings. The Morgan fingerprint density at radius 1 is 1.17 bits per heavy atom. The summed E-state index contributed by atoms with van der Waals surface area (Å²) >= 11 is 1.63. The van der Waals surface area contributed by atoms with Crippen molar-refractivity contribution in [3.05, 3.63) is 52.6 Å². The molecule has 1 fully saturated rings. The number of carbonyl (C=O) groups excluding carboxylic acids is 2. The molecule has 0 radical (unpaired) electrons. The fourth-order valence-corrected chi connectivity index (χ4v) is 5.41. The molecule has 9 nitrogen and oxygen atoms in total. The second-order valence-corrected chi connectivity index (χ2v) is 9.81. The maximum absolute atomic E-state index is 12.6. The number of pyridine rings is 1. The highest BCUT2D eigenvalue weighted by Crippen LogP contribution is 2.35. The number of likely N-dealkylation sites (tertiary alicyclic amines) is 1. The van der Waals surface area contributed by atoms with E-state index in [1.165, 1.54) is 18.5 Å². The van der Waals surface area contributed by atoms with Crippen molar-refractivity contribution < 1.29 is 14.3 Å². The zero-order valence-electron chi connectivity index (χ0n) is 20.5. The third-order valence-electron chi connectivity index (χ3n) is 6.85. The number of piperidine rings is 1. The molecule has 0 bridgehead atoms. The molecule has 0 unspecified atom stereocenters. The van der Waals surface area contributed by atoms with Crippen molar-refractivity contribution in [3.63, 3.8) is 0 Å². The van der Waals surface area contributed by atoms with Crippen LogP contribution in [0.25, 0.3) is 28.0 Å². The van der Waals surface area contributed by atoms with Gasteiger partial charge in [0.25, 0.3) is 5.91 Å². The first-order valence-electron chi connectivity index (χ1n) is 11.9. The van der Waals surface area contributed by atoms with Gasteiger partial charge in [0.15, 0.2) is 11.4 Å². The van der Waals surface area contributed by atoms with Gasteiger partial charge in [-0.1, -0.05) is 6.07 Å². The predicted molar refractivity (Wildman–Crippen MR) is 139 cm³/mol. The average molecular weight is 505 g/mol. The molecule has 2 N–H and O–H groups in total. The first-order chi connectivity index (χ1) is 17.4. The van der Waals surface area contributed by atoms with Gasteiger partial charge in [0, 0.05) is 54.4 Å². The standard InChI is InChI=1S/C26H28N6O3S/c1-15(33)22-23(17-6-9-31(10-7-17)26(34)16(2)35-3)30-25-20(13-29-32(25)24(22)27)18-4-5-21(28-12-18)19-8-11-36-14-19/h4-5,8,11-14,16-17H,6-7,9-10,27H2,1-3H3/t16-/m1/s1. The highest BCUT2D eigenvalue weighted by molar-refractivity contribution is 7.08. The number of Topliss-reactive ketones (excluding diaryl/α,β-unsaturated/α-hetero) is 1. The van der Waals surface area contributed by atoms with Gasteiger partial charge in [0.05, 0.1) is 23.1 Å². The van der Waals surface area contributed by atoms with Gasteiger partial charge in [-0.15, -0.1) is 0 Å². The van der Waals surface area contributed by atoms with Gasteiger partial charge in [0.2, 0.25) is 0 Å². The lowest BCUT2D eigenvalue weighted by atomic mass is 9.89. The second kappa shape index (κ2) is 9.79.